The maximum atomic E-state index is 11.9. The molecule has 0 radical (unpaired) electrons. The Morgan fingerprint density at radius 1 is 1.43 bits per heavy atom. The SMILES string of the molecule is COC[C@@H](C)NC(=O)CCCN(c1cccc(Cl)c1)S(C)(=O)=O. The fourth-order valence-corrected chi connectivity index (χ4v) is 3.28. The average molecular weight is 363 g/mol. The van der Waals surface area contributed by atoms with Crippen molar-refractivity contribution >= 4 is 33.2 Å². The van der Waals surface area contributed by atoms with Crippen LogP contribution >= 0.6 is 11.6 Å². The summed E-state index contributed by atoms with van der Waals surface area (Å²) in [6, 6.07) is 6.55. The molecule has 0 aromatic heterocycles. The van der Waals surface area contributed by atoms with Gasteiger partial charge in [-0.1, -0.05) is 17.7 Å². The lowest BCUT2D eigenvalue weighted by atomic mass is 10.2. The lowest BCUT2D eigenvalue weighted by molar-refractivity contribution is -0.122. The smallest absolute Gasteiger partial charge is 0.232 e. The van der Waals surface area contributed by atoms with Crippen LogP contribution in [-0.4, -0.2) is 46.9 Å². The minimum atomic E-state index is -3.44. The van der Waals surface area contributed by atoms with Crippen molar-refractivity contribution in [3.63, 3.8) is 0 Å². The van der Waals surface area contributed by atoms with E-state index in [0.29, 0.717) is 23.7 Å². The molecular formula is C15H23ClN2O4S. The molecule has 8 heteroatoms. The third-order valence-corrected chi connectivity index (χ3v) is 4.51. The van der Waals surface area contributed by atoms with E-state index in [1.54, 1.807) is 31.4 Å². The van der Waals surface area contributed by atoms with Crippen LogP contribution in [0, 0.1) is 0 Å². The van der Waals surface area contributed by atoms with Crippen molar-refractivity contribution < 1.29 is 17.9 Å². The van der Waals surface area contributed by atoms with Crippen LogP contribution < -0.4 is 9.62 Å². The minimum Gasteiger partial charge on any atom is -0.383 e. The summed E-state index contributed by atoms with van der Waals surface area (Å²) >= 11 is 5.91. The largest absolute Gasteiger partial charge is 0.383 e. The summed E-state index contributed by atoms with van der Waals surface area (Å²) in [7, 11) is -1.87. The molecule has 0 saturated carbocycles. The number of hydrogen-bond acceptors (Lipinski definition) is 4. The first kappa shape index (κ1) is 19.7. The van der Waals surface area contributed by atoms with Gasteiger partial charge >= 0.3 is 0 Å². The molecule has 0 aliphatic carbocycles. The standard InChI is InChI=1S/C15H23ClN2O4S/c1-12(11-22-2)17-15(19)8-5-9-18(23(3,20)21)14-7-4-6-13(16)10-14/h4,6-7,10,12H,5,8-9,11H2,1-3H3,(H,17,19)/t12-/m1/s1. The Hall–Kier alpha value is -1.31. The molecule has 1 rings (SSSR count). The van der Waals surface area contributed by atoms with Crippen LogP contribution in [0.25, 0.3) is 0 Å². The molecular weight excluding hydrogens is 340 g/mol. The van der Waals surface area contributed by atoms with E-state index < -0.39 is 10.0 Å². The van der Waals surface area contributed by atoms with E-state index >= 15 is 0 Å². The van der Waals surface area contributed by atoms with Gasteiger partial charge in [-0.15, -0.1) is 0 Å². The molecule has 0 fully saturated rings. The van der Waals surface area contributed by atoms with E-state index in [4.69, 9.17) is 16.3 Å². The Bertz CT molecular complexity index is 622. The first-order valence-corrected chi connectivity index (χ1v) is 9.48. The summed E-state index contributed by atoms with van der Waals surface area (Å²) in [6.45, 7) is 2.49. The first-order chi connectivity index (χ1) is 10.7. The summed E-state index contributed by atoms with van der Waals surface area (Å²) in [5.41, 5.74) is 0.494. The molecule has 1 aromatic carbocycles. The average Bonchev–Trinajstić information content (AvgIpc) is 2.42. The molecule has 1 aromatic rings. The van der Waals surface area contributed by atoms with Gasteiger partial charge in [0.2, 0.25) is 15.9 Å². The number of anilines is 1. The number of nitrogens with one attached hydrogen (secondary N) is 1. The second kappa shape index (κ2) is 9.10. The number of rotatable bonds is 9. The monoisotopic (exact) mass is 362 g/mol. The van der Waals surface area contributed by atoms with Crippen LogP contribution in [0.15, 0.2) is 24.3 Å². The van der Waals surface area contributed by atoms with Crippen LogP contribution in [0.4, 0.5) is 5.69 Å². The third kappa shape index (κ3) is 7.20. The Labute approximate surface area is 142 Å². The quantitative estimate of drug-likeness (QED) is 0.729. The molecule has 0 heterocycles. The van der Waals surface area contributed by atoms with Gasteiger partial charge in [-0.3, -0.25) is 9.10 Å². The maximum Gasteiger partial charge on any atom is 0.232 e. The van der Waals surface area contributed by atoms with Crippen LogP contribution in [0.2, 0.25) is 5.02 Å². The van der Waals surface area contributed by atoms with Gasteiger partial charge in [0, 0.05) is 31.1 Å². The number of methoxy groups -OCH3 is 1. The molecule has 1 atom stereocenters. The van der Waals surface area contributed by atoms with E-state index in [2.05, 4.69) is 5.32 Å². The molecule has 0 spiro atoms. The fourth-order valence-electron chi connectivity index (χ4n) is 2.14. The van der Waals surface area contributed by atoms with Gasteiger partial charge in [-0.05, 0) is 31.5 Å². The molecule has 0 unspecified atom stereocenters. The van der Waals surface area contributed by atoms with Crippen molar-refractivity contribution in [1.29, 1.82) is 0 Å². The number of sulfonamides is 1. The summed E-state index contributed by atoms with van der Waals surface area (Å²) in [4.78, 5) is 11.8. The van der Waals surface area contributed by atoms with Crippen molar-refractivity contribution in [3.05, 3.63) is 29.3 Å². The van der Waals surface area contributed by atoms with E-state index in [1.807, 2.05) is 6.92 Å². The normalized spacial score (nSPS) is 12.7. The molecule has 6 nitrogen and oxygen atoms in total. The topological polar surface area (TPSA) is 75.7 Å². The number of ether oxygens (including phenoxy) is 1. The maximum absolute atomic E-state index is 11.9. The van der Waals surface area contributed by atoms with Gasteiger partial charge in [0.1, 0.15) is 0 Å². The van der Waals surface area contributed by atoms with E-state index in [9.17, 15) is 13.2 Å². The number of nitrogens with zero attached hydrogens (tertiary/aromatic N) is 1. The zero-order valence-electron chi connectivity index (χ0n) is 13.6. The second-order valence-electron chi connectivity index (χ2n) is 5.34. The number of halogens is 1. The zero-order chi connectivity index (χ0) is 17.5. The lowest BCUT2D eigenvalue weighted by Crippen LogP contribution is -2.36. The summed E-state index contributed by atoms with van der Waals surface area (Å²) in [6.07, 6.45) is 1.78. The summed E-state index contributed by atoms with van der Waals surface area (Å²) in [5.74, 6) is -0.130. The number of hydrogen-bond donors (Lipinski definition) is 1. The fraction of sp³-hybridized carbons (Fsp3) is 0.533. The van der Waals surface area contributed by atoms with Gasteiger partial charge in [0.15, 0.2) is 0 Å². The predicted molar refractivity (Wildman–Crippen MR) is 92.4 cm³/mol. The highest BCUT2D eigenvalue weighted by Gasteiger charge is 2.18. The number of carbonyl (C=O) groups excluding carboxylic acids is 1. The van der Waals surface area contributed by atoms with E-state index in [0.717, 1.165) is 6.26 Å². The molecule has 1 amide bonds. The molecule has 0 aliphatic heterocycles. The van der Waals surface area contributed by atoms with Crippen molar-refractivity contribution in [2.24, 2.45) is 0 Å². The highest BCUT2D eigenvalue weighted by molar-refractivity contribution is 7.92. The Morgan fingerprint density at radius 2 is 2.13 bits per heavy atom. The first-order valence-electron chi connectivity index (χ1n) is 7.25. The number of amides is 1. The van der Waals surface area contributed by atoms with Gasteiger partial charge in [-0.2, -0.15) is 0 Å². The molecule has 0 aliphatic rings. The third-order valence-electron chi connectivity index (χ3n) is 3.09. The lowest BCUT2D eigenvalue weighted by Gasteiger charge is -2.22. The van der Waals surface area contributed by atoms with Gasteiger partial charge in [-0.25, -0.2) is 8.42 Å². The number of carbonyl (C=O) groups is 1. The Kier molecular flexibility index (Phi) is 7.81. The zero-order valence-corrected chi connectivity index (χ0v) is 15.2. The van der Waals surface area contributed by atoms with Crippen molar-refractivity contribution in [2.45, 2.75) is 25.8 Å². The second-order valence-corrected chi connectivity index (χ2v) is 7.69. The van der Waals surface area contributed by atoms with Crippen LogP contribution in [0.3, 0.4) is 0 Å². The van der Waals surface area contributed by atoms with E-state index in [-0.39, 0.29) is 24.9 Å². The molecule has 130 valence electrons. The van der Waals surface area contributed by atoms with Gasteiger partial charge in [0.25, 0.3) is 0 Å². The Balaban J connectivity index is 2.62. The van der Waals surface area contributed by atoms with Crippen molar-refractivity contribution in [2.75, 3.05) is 30.8 Å². The van der Waals surface area contributed by atoms with Crippen molar-refractivity contribution in [3.8, 4) is 0 Å². The van der Waals surface area contributed by atoms with Crippen LogP contribution in [0.1, 0.15) is 19.8 Å². The molecule has 1 N–H and O–H groups in total. The van der Waals surface area contributed by atoms with Crippen LogP contribution in [0.5, 0.6) is 0 Å². The molecule has 0 saturated heterocycles. The summed E-state index contributed by atoms with van der Waals surface area (Å²) < 4.78 is 30.1. The van der Waals surface area contributed by atoms with Gasteiger partial charge in [0.05, 0.1) is 18.6 Å². The van der Waals surface area contributed by atoms with Crippen LogP contribution in [-0.2, 0) is 19.6 Å². The highest BCUT2D eigenvalue weighted by atomic mass is 35.5. The van der Waals surface area contributed by atoms with Gasteiger partial charge < -0.3 is 10.1 Å². The van der Waals surface area contributed by atoms with Crippen molar-refractivity contribution in [1.82, 2.24) is 5.32 Å². The molecule has 23 heavy (non-hydrogen) atoms. The summed E-state index contributed by atoms with van der Waals surface area (Å²) in [5, 5.41) is 3.25. The predicted octanol–water partition coefficient (Wildman–Crippen LogP) is 2.04. The number of benzene rings is 1. The Morgan fingerprint density at radius 3 is 2.70 bits per heavy atom. The van der Waals surface area contributed by atoms with E-state index in [1.165, 1.54) is 4.31 Å². The minimum absolute atomic E-state index is 0.0774. The highest BCUT2D eigenvalue weighted by Crippen LogP contribution is 2.22. The molecule has 0 bridgehead atoms.